The van der Waals surface area contributed by atoms with Crippen LogP contribution in [0, 0.1) is 12.3 Å². The number of amides is 1. The number of carbonyl (C=O) groups excluding carboxylic acids is 2. The highest BCUT2D eigenvalue weighted by atomic mass is 16.4. The van der Waals surface area contributed by atoms with E-state index in [-0.39, 0.29) is 6.42 Å². The molecular formula is C8H12N2O3. The third-order valence-corrected chi connectivity index (χ3v) is 1.45. The molecule has 0 aromatic rings. The van der Waals surface area contributed by atoms with Gasteiger partial charge in [0.05, 0.1) is 18.4 Å². The Kier molecular flexibility index (Phi) is 4.55. The molecule has 0 saturated heterocycles. The van der Waals surface area contributed by atoms with Crippen LogP contribution in [-0.2, 0) is 9.59 Å². The van der Waals surface area contributed by atoms with E-state index in [1.165, 1.54) is 6.92 Å². The first-order valence-corrected chi connectivity index (χ1v) is 3.76. The molecule has 0 aliphatic rings. The summed E-state index contributed by atoms with van der Waals surface area (Å²) >= 11 is 0. The Morgan fingerprint density at radius 2 is 2.23 bits per heavy atom. The third-order valence-electron chi connectivity index (χ3n) is 1.45. The lowest BCUT2D eigenvalue weighted by Crippen LogP contribution is -2.68. The fourth-order valence-corrected chi connectivity index (χ4v) is 0.625. The molecule has 0 fully saturated rings. The van der Waals surface area contributed by atoms with E-state index in [2.05, 4.69) is 17.0 Å². The molecule has 0 saturated carbocycles. The molecule has 0 unspecified atom stereocenters. The fraction of sp³-hybridized carbons (Fsp3) is 0.500. The summed E-state index contributed by atoms with van der Waals surface area (Å²) in [7, 11) is 0. The minimum Gasteiger partial charge on any atom is -0.548 e. The van der Waals surface area contributed by atoms with Crippen LogP contribution in [0.4, 0.5) is 0 Å². The molecule has 2 atom stereocenters. The Morgan fingerprint density at radius 1 is 1.69 bits per heavy atom. The zero-order valence-corrected chi connectivity index (χ0v) is 7.37. The average molecular weight is 184 g/mol. The number of aliphatic carboxylic acids is 1. The van der Waals surface area contributed by atoms with Gasteiger partial charge in [-0.1, -0.05) is 5.92 Å². The molecule has 0 aliphatic carbocycles. The zero-order chi connectivity index (χ0) is 10.4. The average Bonchev–Trinajstić information content (AvgIpc) is 2.04. The van der Waals surface area contributed by atoms with Gasteiger partial charge < -0.3 is 21.0 Å². The summed E-state index contributed by atoms with van der Waals surface area (Å²) in [5.74, 6) is 0.455. The van der Waals surface area contributed by atoms with E-state index >= 15 is 0 Å². The normalized spacial score (nSPS) is 13.9. The lowest BCUT2D eigenvalue weighted by molar-refractivity contribution is -0.402. The number of nitrogens with one attached hydrogen (secondary N) is 1. The van der Waals surface area contributed by atoms with E-state index < -0.39 is 24.0 Å². The number of hydrogen-bond acceptors (Lipinski definition) is 3. The van der Waals surface area contributed by atoms with E-state index in [9.17, 15) is 14.7 Å². The Morgan fingerprint density at radius 3 is 2.62 bits per heavy atom. The summed E-state index contributed by atoms with van der Waals surface area (Å²) < 4.78 is 0. The van der Waals surface area contributed by atoms with Crippen molar-refractivity contribution in [3.63, 3.8) is 0 Å². The molecular weight excluding hydrogens is 172 g/mol. The van der Waals surface area contributed by atoms with Crippen molar-refractivity contribution < 1.29 is 20.4 Å². The van der Waals surface area contributed by atoms with Crippen molar-refractivity contribution in [2.45, 2.75) is 25.4 Å². The predicted molar refractivity (Wildman–Crippen MR) is 42.7 cm³/mol. The van der Waals surface area contributed by atoms with Gasteiger partial charge in [-0.3, -0.25) is 4.79 Å². The van der Waals surface area contributed by atoms with Crippen LogP contribution in [0.1, 0.15) is 13.3 Å². The molecule has 0 spiro atoms. The molecule has 0 heterocycles. The van der Waals surface area contributed by atoms with Crippen molar-refractivity contribution in [3.8, 4) is 12.3 Å². The van der Waals surface area contributed by atoms with Gasteiger partial charge in [0.15, 0.2) is 6.04 Å². The molecule has 0 aromatic carbocycles. The molecule has 13 heavy (non-hydrogen) atoms. The molecule has 1 amide bonds. The zero-order valence-electron chi connectivity index (χ0n) is 7.37. The highest BCUT2D eigenvalue weighted by molar-refractivity contribution is 5.85. The van der Waals surface area contributed by atoms with E-state index in [1.807, 2.05) is 0 Å². The molecule has 5 nitrogen and oxygen atoms in total. The maximum absolute atomic E-state index is 11.1. The van der Waals surface area contributed by atoms with Crippen LogP contribution in [0.25, 0.3) is 0 Å². The summed E-state index contributed by atoms with van der Waals surface area (Å²) in [5.41, 5.74) is 3.47. The summed E-state index contributed by atoms with van der Waals surface area (Å²) in [6.45, 7) is 1.32. The molecule has 0 aliphatic heterocycles. The molecule has 4 N–H and O–H groups in total. The van der Waals surface area contributed by atoms with Gasteiger partial charge in [0.1, 0.15) is 0 Å². The number of hydrogen-bond donors (Lipinski definition) is 2. The van der Waals surface area contributed by atoms with Crippen molar-refractivity contribution in [1.29, 1.82) is 0 Å². The van der Waals surface area contributed by atoms with Gasteiger partial charge in [-0.05, 0) is 6.92 Å². The second-order valence-corrected chi connectivity index (χ2v) is 2.65. The first-order valence-electron chi connectivity index (χ1n) is 3.76. The number of carboxylic acid groups (broad SMARTS) is 1. The maximum atomic E-state index is 11.1. The lowest BCUT2D eigenvalue weighted by atomic mass is 10.2. The van der Waals surface area contributed by atoms with Crippen LogP contribution in [0.3, 0.4) is 0 Å². The Hall–Kier alpha value is -1.54. The van der Waals surface area contributed by atoms with E-state index in [0.29, 0.717) is 0 Å². The topological polar surface area (TPSA) is 96.9 Å². The number of quaternary nitrogens is 1. The third kappa shape index (κ3) is 4.13. The van der Waals surface area contributed by atoms with Crippen LogP contribution in [0.5, 0.6) is 0 Å². The smallest absolute Gasteiger partial charge is 0.279 e. The van der Waals surface area contributed by atoms with Crippen molar-refractivity contribution >= 4 is 11.9 Å². The SMILES string of the molecule is C#CC[C@@H]([NH3+])C(=O)N[C@H](C)C(=O)[O-]. The lowest BCUT2D eigenvalue weighted by Gasteiger charge is -2.15. The summed E-state index contributed by atoms with van der Waals surface area (Å²) in [5, 5.41) is 12.4. The molecule has 0 bridgehead atoms. The maximum Gasteiger partial charge on any atom is 0.279 e. The monoisotopic (exact) mass is 184 g/mol. The van der Waals surface area contributed by atoms with Crippen LogP contribution in [0.15, 0.2) is 0 Å². The van der Waals surface area contributed by atoms with E-state index in [1.54, 1.807) is 0 Å². The van der Waals surface area contributed by atoms with Gasteiger partial charge >= 0.3 is 0 Å². The van der Waals surface area contributed by atoms with E-state index in [0.717, 1.165) is 0 Å². The van der Waals surface area contributed by atoms with E-state index in [4.69, 9.17) is 6.42 Å². The first-order chi connectivity index (χ1) is 5.99. The number of carbonyl (C=O) groups is 2. The van der Waals surface area contributed by atoms with Crippen LogP contribution >= 0.6 is 0 Å². The number of carboxylic acids is 1. The van der Waals surface area contributed by atoms with Crippen molar-refractivity contribution in [2.24, 2.45) is 0 Å². The Balaban J connectivity index is 4.01. The van der Waals surface area contributed by atoms with Gasteiger partial charge in [0.2, 0.25) is 0 Å². The molecule has 72 valence electrons. The minimum absolute atomic E-state index is 0.186. The standard InChI is InChI=1S/C8H12N2O3/c1-3-4-6(9)7(11)10-5(2)8(12)13/h1,5-6H,4,9H2,2H3,(H,10,11)(H,12,13)/t5-,6-/m1/s1. The molecule has 0 rings (SSSR count). The van der Waals surface area contributed by atoms with Crippen molar-refractivity contribution in [2.75, 3.05) is 0 Å². The predicted octanol–water partition coefficient (Wildman–Crippen LogP) is -3.13. The Labute approximate surface area is 76.3 Å². The van der Waals surface area contributed by atoms with Gasteiger partial charge in [0, 0.05) is 0 Å². The highest BCUT2D eigenvalue weighted by Gasteiger charge is 2.17. The number of rotatable bonds is 4. The second-order valence-electron chi connectivity index (χ2n) is 2.65. The van der Waals surface area contributed by atoms with Crippen LogP contribution in [0.2, 0.25) is 0 Å². The van der Waals surface area contributed by atoms with Crippen molar-refractivity contribution in [3.05, 3.63) is 0 Å². The van der Waals surface area contributed by atoms with Gasteiger partial charge in [-0.2, -0.15) is 0 Å². The van der Waals surface area contributed by atoms with Gasteiger partial charge in [-0.15, -0.1) is 6.42 Å². The Bertz CT molecular complexity index is 244. The van der Waals surface area contributed by atoms with Crippen LogP contribution in [-0.4, -0.2) is 24.0 Å². The quantitative estimate of drug-likeness (QED) is 0.452. The highest BCUT2D eigenvalue weighted by Crippen LogP contribution is 1.85. The largest absolute Gasteiger partial charge is 0.548 e. The molecule has 0 aromatic heterocycles. The minimum atomic E-state index is -1.33. The second kappa shape index (κ2) is 5.17. The molecule has 5 heteroatoms. The summed E-state index contributed by atoms with van der Waals surface area (Å²) in [6.07, 6.45) is 5.15. The fourth-order valence-electron chi connectivity index (χ4n) is 0.625. The van der Waals surface area contributed by atoms with Crippen molar-refractivity contribution in [1.82, 2.24) is 5.32 Å². The first kappa shape index (κ1) is 11.5. The van der Waals surface area contributed by atoms with Gasteiger partial charge in [-0.25, -0.2) is 0 Å². The summed E-state index contributed by atoms with van der Waals surface area (Å²) in [4.78, 5) is 21.3. The number of terminal acetylenes is 1. The molecule has 0 radical (unpaired) electrons. The summed E-state index contributed by atoms with van der Waals surface area (Å²) in [6, 6.07) is -1.64. The van der Waals surface area contributed by atoms with Gasteiger partial charge in [0.25, 0.3) is 5.91 Å². The van der Waals surface area contributed by atoms with Crippen LogP contribution < -0.4 is 16.2 Å².